The average molecular weight is 395 g/mol. The van der Waals surface area contributed by atoms with E-state index in [2.05, 4.69) is 5.32 Å². The summed E-state index contributed by atoms with van der Waals surface area (Å²) in [6.07, 6.45) is 7.00. The van der Waals surface area contributed by atoms with Crippen molar-refractivity contribution in [2.75, 3.05) is 12.8 Å². The van der Waals surface area contributed by atoms with E-state index in [4.69, 9.17) is 0 Å². The standard InChI is InChI=1S/C20H27FN2O3S/c1-27(25,26)23-17-8-7-15(21)10-16(17)20-14(11-22-12-18(20)23)9-19(24)13-5-3-2-4-6-13/h7-8,10,13-14,19,22,24H,2-6,9,11-12H2,1H3. The summed E-state index contributed by atoms with van der Waals surface area (Å²) in [5.41, 5.74) is 2.07. The van der Waals surface area contributed by atoms with Crippen LogP contribution < -0.4 is 5.32 Å². The van der Waals surface area contributed by atoms with E-state index in [1.165, 1.54) is 28.8 Å². The molecule has 2 atom stereocenters. The van der Waals surface area contributed by atoms with Crippen molar-refractivity contribution in [3.05, 3.63) is 35.3 Å². The molecule has 27 heavy (non-hydrogen) atoms. The lowest BCUT2D eigenvalue weighted by atomic mass is 9.79. The molecule has 0 amide bonds. The van der Waals surface area contributed by atoms with Crippen molar-refractivity contribution in [1.82, 2.24) is 9.29 Å². The molecule has 148 valence electrons. The van der Waals surface area contributed by atoms with Gasteiger partial charge in [0.25, 0.3) is 0 Å². The van der Waals surface area contributed by atoms with Crippen molar-refractivity contribution in [1.29, 1.82) is 0 Å². The van der Waals surface area contributed by atoms with Gasteiger partial charge in [0.05, 0.1) is 23.6 Å². The lowest BCUT2D eigenvalue weighted by Crippen LogP contribution is -2.34. The summed E-state index contributed by atoms with van der Waals surface area (Å²) in [6, 6.07) is 4.27. The minimum Gasteiger partial charge on any atom is -0.393 e. The summed E-state index contributed by atoms with van der Waals surface area (Å²) in [5.74, 6) is -0.0943. The predicted molar refractivity (Wildman–Crippen MR) is 104 cm³/mol. The summed E-state index contributed by atoms with van der Waals surface area (Å²) in [5, 5.41) is 14.8. The molecule has 2 aromatic rings. The Morgan fingerprint density at radius 3 is 2.74 bits per heavy atom. The van der Waals surface area contributed by atoms with Crippen LogP contribution in [0.15, 0.2) is 18.2 Å². The van der Waals surface area contributed by atoms with Crippen molar-refractivity contribution in [2.24, 2.45) is 5.92 Å². The van der Waals surface area contributed by atoms with Gasteiger partial charge in [-0.1, -0.05) is 19.3 Å². The zero-order valence-electron chi connectivity index (χ0n) is 15.6. The fraction of sp³-hybridized carbons (Fsp3) is 0.600. The molecule has 2 aliphatic rings. The first kappa shape index (κ1) is 18.9. The Hall–Kier alpha value is -1.44. The molecule has 0 radical (unpaired) electrons. The quantitative estimate of drug-likeness (QED) is 0.836. The first-order valence-electron chi connectivity index (χ1n) is 9.78. The highest BCUT2D eigenvalue weighted by molar-refractivity contribution is 7.89. The number of benzene rings is 1. The molecule has 0 saturated heterocycles. The molecule has 1 aromatic carbocycles. The van der Waals surface area contributed by atoms with Gasteiger partial charge in [0.2, 0.25) is 10.0 Å². The third-order valence-corrected chi connectivity index (χ3v) is 7.25. The number of aliphatic hydroxyl groups is 1. The van der Waals surface area contributed by atoms with Crippen molar-refractivity contribution < 1.29 is 17.9 Å². The van der Waals surface area contributed by atoms with Crippen LogP contribution in [-0.2, 0) is 16.6 Å². The van der Waals surface area contributed by atoms with Gasteiger partial charge in [-0.25, -0.2) is 16.8 Å². The molecule has 1 aliphatic heterocycles. The van der Waals surface area contributed by atoms with Crippen molar-refractivity contribution in [3.8, 4) is 0 Å². The number of hydrogen-bond acceptors (Lipinski definition) is 4. The third kappa shape index (κ3) is 3.52. The number of nitrogens with zero attached hydrogens (tertiary/aromatic N) is 1. The van der Waals surface area contributed by atoms with Crippen LogP contribution in [0.3, 0.4) is 0 Å². The zero-order chi connectivity index (χ0) is 19.2. The fourth-order valence-corrected chi connectivity index (χ4v) is 6.06. The number of rotatable bonds is 4. The van der Waals surface area contributed by atoms with E-state index in [0.717, 1.165) is 31.2 Å². The molecule has 1 aromatic heterocycles. The van der Waals surface area contributed by atoms with Gasteiger partial charge >= 0.3 is 0 Å². The van der Waals surface area contributed by atoms with Gasteiger partial charge in [-0.3, -0.25) is 0 Å². The monoisotopic (exact) mass is 394 g/mol. The number of aromatic nitrogens is 1. The Labute approximate surface area is 159 Å². The van der Waals surface area contributed by atoms with E-state index in [1.54, 1.807) is 6.07 Å². The molecule has 4 rings (SSSR count). The molecule has 1 fully saturated rings. The number of fused-ring (bicyclic) bond motifs is 3. The summed E-state index contributed by atoms with van der Waals surface area (Å²) < 4.78 is 40.2. The van der Waals surface area contributed by atoms with Crippen LogP contribution in [0.1, 0.15) is 55.7 Å². The molecule has 5 nitrogen and oxygen atoms in total. The minimum absolute atomic E-state index is 0.0297. The number of halogens is 1. The molecular formula is C20H27FN2O3S. The smallest absolute Gasteiger partial charge is 0.236 e. The highest BCUT2D eigenvalue weighted by atomic mass is 32.2. The number of hydrogen-bond donors (Lipinski definition) is 2. The third-order valence-electron chi connectivity index (χ3n) is 6.17. The van der Waals surface area contributed by atoms with Crippen LogP contribution in [0.5, 0.6) is 0 Å². The van der Waals surface area contributed by atoms with E-state index >= 15 is 0 Å². The summed E-state index contributed by atoms with van der Waals surface area (Å²) >= 11 is 0. The largest absolute Gasteiger partial charge is 0.393 e. The zero-order valence-corrected chi connectivity index (χ0v) is 16.4. The Morgan fingerprint density at radius 1 is 1.30 bits per heavy atom. The van der Waals surface area contributed by atoms with E-state index in [1.807, 2.05) is 0 Å². The first-order chi connectivity index (χ1) is 12.9. The van der Waals surface area contributed by atoms with Crippen LogP contribution in [-0.4, -0.2) is 36.4 Å². The van der Waals surface area contributed by atoms with E-state index in [9.17, 15) is 17.9 Å². The Bertz CT molecular complexity index is 948. The van der Waals surface area contributed by atoms with Gasteiger partial charge in [0, 0.05) is 24.4 Å². The van der Waals surface area contributed by atoms with E-state index in [-0.39, 0.29) is 11.7 Å². The Kier molecular flexibility index (Phi) is 5.03. The van der Waals surface area contributed by atoms with Gasteiger partial charge in [0.1, 0.15) is 5.82 Å². The summed E-state index contributed by atoms with van der Waals surface area (Å²) in [6.45, 7) is 1.09. The summed E-state index contributed by atoms with van der Waals surface area (Å²) in [7, 11) is -3.52. The predicted octanol–water partition coefficient (Wildman–Crippen LogP) is 3.11. The van der Waals surface area contributed by atoms with Crippen molar-refractivity contribution in [3.63, 3.8) is 0 Å². The maximum absolute atomic E-state index is 14.0. The molecule has 1 aliphatic carbocycles. The SMILES string of the molecule is CS(=O)(=O)n1c2c(c3cc(F)ccc31)C(CC(O)C1CCCCC1)CNC2. The van der Waals surface area contributed by atoms with Gasteiger partial charge in [0.15, 0.2) is 0 Å². The lowest BCUT2D eigenvalue weighted by molar-refractivity contribution is 0.0700. The van der Waals surface area contributed by atoms with Crippen LogP contribution in [0.25, 0.3) is 10.9 Å². The molecule has 7 heteroatoms. The van der Waals surface area contributed by atoms with E-state index in [0.29, 0.717) is 42.0 Å². The molecule has 2 heterocycles. The van der Waals surface area contributed by atoms with Gasteiger partial charge in [-0.2, -0.15) is 0 Å². The van der Waals surface area contributed by atoms with Gasteiger partial charge in [-0.05, 0) is 48.9 Å². The van der Waals surface area contributed by atoms with Crippen molar-refractivity contribution >= 4 is 20.9 Å². The minimum atomic E-state index is -3.52. The second-order valence-electron chi connectivity index (χ2n) is 8.08. The number of aliphatic hydroxyl groups excluding tert-OH is 1. The van der Waals surface area contributed by atoms with Crippen LogP contribution in [0, 0.1) is 11.7 Å². The molecule has 0 bridgehead atoms. The highest BCUT2D eigenvalue weighted by Gasteiger charge is 2.33. The second kappa shape index (κ2) is 7.18. The van der Waals surface area contributed by atoms with Crippen LogP contribution >= 0.6 is 0 Å². The topological polar surface area (TPSA) is 71.3 Å². The van der Waals surface area contributed by atoms with Crippen LogP contribution in [0.4, 0.5) is 4.39 Å². The Balaban J connectivity index is 1.77. The van der Waals surface area contributed by atoms with Gasteiger partial charge < -0.3 is 10.4 Å². The maximum Gasteiger partial charge on any atom is 0.236 e. The second-order valence-corrected chi connectivity index (χ2v) is 9.91. The fourth-order valence-electron chi connectivity index (χ4n) is 4.98. The van der Waals surface area contributed by atoms with Crippen LogP contribution in [0.2, 0.25) is 0 Å². The normalized spacial score (nSPS) is 22.7. The van der Waals surface area contributed by atoms with E-state index < -0.39 is 16.1 Å². The van der Waals surface area contributed by atoms with Gasteiger partial charge in [-0.15, -0.1) is 0 Å². The highest BCUT2D eigenvalue weighted by Crippen LogP contribution is 2.39. The Morgan fingerprint density at radius 2 is 2.04 bits per heavy atom. The number of nitrogens with one attached hydrogen (secondary N) is 1. The summed E-state index contributed by atoms with van der Waals surface area (Å²) in [4.78, 5) is 0. The van der Waals surface area contributed by atoms with Crippen molar-refractivity contribution in [2.45, 2.75) is 57.1 Å². The lowest BCUT2D eigenvalue weighted by Gasteiger charge is -2.31. The average Bonchev–Trinajstić information content (AvgIpc) is 2.97. The maximum atomic E-state index is 14.0. The molecule has 1 saturated carbocycles. The molecule has 0 spiro atoms. The molecule has 2 unspecified atom stereocenters. The molecular weight excluding hydrogens is 367 g/mol. The first-order valence-corrected chi connectivity index (χ1v) is 11.6. The molecule has 2 N–H and O–H groups in total.